The molecule has 1 N–H and O–H groups in total. The molecule has 2 heterocycles. The van der Waals surface area contributed by atoms with E-state index in [9.17, 15) is 8.42 Å². The van der Waals surface area contributed by atoms with Crippen molar-refractivity contribution >= 4 is 10.0 Å². The van der Waals surface area contributed by atoms with Gasteiger partial charge in [0.1, 0.15) is 10.7 Å². The van der Waals surface area contributed by atoms with E-state index in [4.69, 9.17) is 4.42 Å². The molecule has 0 atom stereocenters. The Bertz CT molecular complexity index is 642. The average molecular weight is 283 g/mol. The molecule has 0 fully saturated rings. The minimum atomic E-state index is -3.57. The molecule has 2 rings (SSSR count). The topological polar surface area (TPSA) is 77.1 Å². The fraction of sp³-hybridized carbons (Fsp3) is 0.417. The van der Waals surface area contributed by atoms with E-state index >= 15 is 0 Å². The zero-order chi connectivity index (χ0) is 14.0. The van der Waals surface area contributed by atoms with Gasteiger partial charge in [-0.25, -0.2) is 13.1 Å². The molecule has 19 heavy (non-hydrogen) atoms. The van der Waals surface area contributed by atoms with Crippen molar-refractivity contribution in [2.75, 3.05) is 0 Å². The molecule has 0 aromatic carbocycles. The van der Waals surface area contributed by atoms with Crippen LogP contribution in [-0.4, -0.2) is 18.2 Å². The summed E-state index contributed by atoms with van der Waals surface area (Å²) in [4.78, 5) is 0.202. The van der Waals surface area contributed by atoms with Crippen molar-refractivity contribution in [3.05, 3.63) is 36.0 Å². The van der Waals surface area contributed by atoms with Gasteiger partial charge in [0, 0.05) is 12.2 Å². The van der Waals surface area contributed by atoms with Gasteiger partial charge in [-0.3, -0.25) is 4.68 Å². The standard InChI is InChI=1S/C12H17N3O3S/c1-9(2)15-8-12(10(3)14-15)19(16,17)13-7-11-5-4-6-18-11/h4-6,8-9,13H,7H2,1-3H3. The number of rotatable bonds is 5. The van der Waals surface area contributed by atoms with E-state index in [0.29, 0.717) is 11.5 Å². The normalized spacial score (nSPS) is 12.2. The largest absolute Gasteiger partial charge is 0.468 e. The predicted octanol–water partition coefficient (Wildman–Crippen LogP) is 1.84. The van der Waals surface area contributed by atoms with Crippen molar-refractivity contribution in [1.82, 2.24) is 14.5 Å². The van der Waals surface area contributed by atoms with E-state index in [1.807, 2.05) is 13.8 Å². The SMILES string of the molecule is Cc1nn(C(C)C)cc1S(=O)(=O)NCc1ccco1. The summed E-state index contributed by atoms with van der Waals surface area (Å²) in [5.41, 5.74) is 0.487. The van der Waals surface area contributed by atoms with E-state index < -0.39 is 10.0 Å². The number of aryl methyl sites for hydroxylation is 1. The van der Waals surface area contributed by atoms with Gasteiger partial charge in [-0.1, -0.05) is 0 Å². The maximum absolute atomic E-state index is 12.2. The Morgan fingerprint density at radius 1 is 1.47 bits per heavy atom. The number of hydrogen-bond donors (Lipinski definition) is 1. The molecule has 2 aromatic rings. The molecule has 0 aliphatic carbocycles. The Hall–Kier alpha value is -1.60. The number of nitrogens with zero attached hydrogens (tertiary/aromatic N) is 2. The molecule has 0 aliphatic rings. The third kappa shape index (κ3) is 3.05. The Kier molecular flexibility index (Phi) is 3.77. The van der Waals surface area contributed by atoms with Crippen LogP contribution in [0, 0.1) is 6.92 Å². The molecule has 0 saturated heterocycles. The lowest BCUT2D eigenvalue weighted by atomic mass is 10.4. The van der Waals surface area contributed by atoms with Crippen molar-refractivity contribution in [1.29, 1.82) is 0 Å². The highest BCUT2D eigenvalue weighted by Crippen LogP contribution is 2.16. The predicted molar refractivity (Wildman–Crippen MR) is 70.1 cm³/mol. The first-order valence-corrected chi connectivity index (χ1v) is 7.46. The summed E-state index contributed by atoms with van der Waals surface area (Å²) in [7, 11) is -3.57. The third-order valence-corrected chi connectivity index (χ3v) is 4.21. The minimum absolute atomic E-state index is 0.118. The van der Waals surface area contributed by atoms with Gasteiger partial charge in [-0.15, -0.1) is 0 Å². The van der Waals surface area contributed by atoms with Gasteiger partial charge in [0.15, 0.2) is 0 Å². The van der Waals surface area contributed by atoms with Crippen LogP contribution in [0.2, 0.25) is 0 Å². The molecule has 7 heteroatoms. The molecule has 0 radical (unpaired) electrons. The highest BCUT2D eigenvalue weighted by Gasteiger charge is 2.21. The molecule has 0 aliphatic heterocycles. The summed E-state index contributed by atoms with van der Waals surface area (Å²) in [5, 5.41) is 4.20. The zero-order valence-corrected chi connectivity index (χ0v) is 11.9. The summed E-state index contributed by atoms with van der Waals surface area (Å²) in [6.07, 6.45) is 3.05. The van der Waals surface area contributed by atoms with Crippen LogP contribution in [0.3, 0.4) is 0 Å². The van der Waals surface area contributed by atoms with Crippen molar-refractivity contribution in [3.8, 4) is 0 Å². The Morgan fingerprint density at radius 2 is 2.21 bits per heavy atom. The molecule has 0 saturated carbocycles. The van der Waals surface area contributed by atoms with Crippen LogP contribution in [0.1, 0.15) is 31.3 Å². The third-order valence-electron chi connectivity index (χ3n) is 2.71. The number of aromatic nitrogens is 2. The maximum Gasteiger partial charge on any atom is 0.244 e. The van der Waals surface area contributed by atoms with Gasteiger partial charge in [0.25, 0.3) is 0 Å². The number of sulfonamides is 1. The number of hydrogen-bond acceptors (Lipinski definition) is 4. The quantitative estimate of drug-likeness (QED) is 0.908. The molecule has 2 aromatic heterocycles. The van der Waals surface area contributed by atoms with E-state index in [1.165, 1.54) is 6.26 Å². The lowest BCUT2D eigenvalue weighted by molar-refractivity contribution is 0.498. The lowest BCUT2D eigenvalue weighted by Gasteiger charge is -2.04. The van der Waals surface area contributed by atoms with Crippen LogP contribution >= 0.6 is 0 Å². The fourth-order valence-corrected chi connectivity index (χ4v) is 2.81. The molecule has 0 amide bonds. The van der Waals surface area contributed by atoms with Gasteiger partial charge in [0.05, 0.1) is 18.5 Å². The van der Waals surface area contributed by atoms with Gasteiger partial charge in [-0.05, 0) is 32.9 Å². The minimum Gasteiger partial charge on any atom is -0.468 e. The van der Waals surface area contributed by atoms with Gasteiger partial charge in [0.2, 0.25) is 10.0 Å². The van der Waals surface area contributed by atoms with Crippen LogP contribution in [0.25, 0.3) is 0 Å². The number of furan rings is 1. The smallest absolute Gasteiger partial charge is 0.244 e. The summed E-state index contributed by atoms with van der Waals surface area (Å²) >= 11 is 0. The van der Waals surface area contributed by atoms with E-state index in [0.717, 1.165) is 0 Å². The van der Waals surface area contributed by atoms with Crippen molar-refractivity contribution in [3.63, 3.8) is 0 Å². The molecular weight excluding hydrogens is 266 g/mol. The molecule has 6 nitrogen and oxygen atoms in total. The maximum atomic E-state index is 12.2. The van der Waals surface area contributed by atoms with E-state index in [1.54, 1.807) is 29.9 Å². The monoisotopic (exact) mass is 283 g/mol. The highest BCUT2D eigenvalue weighted by atomic mass is 32.2. The van der Waals surface area contributed by atoms with E-state index in [2.05, 4.69) is 9.82 Å². The van der Waals surface area contributed by atoms with Crippen LogP contribution in [-0.2, 0) is 16.6 Å². The van der Waals surface area contributed by atoms with Crippen LogP contribution < -0.4 is 4.72 Å². The van der Waals surface area contributed by atoms with Gasteiger partial charge < -0.3 is 4.42 Å². The van der Waals surface area contributed by atoms with Gasteiger partial charge >= 0.3 is 0 Å². The summed E-state index contributed by atoms with van der Waals surface area (Å²) in [6.45, 7) is 5.69. The number of nitrogens with one attached hydrogen (secondary N) is 1. The van der Waals surface area contributed by atoms with Gasteiger partial charge in [-0.2, -0.15) is 5.10 Å². The summed E-state index contributed by atoms with van der Waals surface area (Å²) in [6, 6.07) is 3.55. The van der Waals surface area contributed by atoms with E-state index in [-0.39, 0.29) is 17.5 Å². The molecule has 104 valence electrons. The Balaban J connectivity index is 2.19. The average Bonchev–Trinajstić information content (AvgIpc) is 2.95. The molecule has 0 spiro atoms. The second kappa shape index (κ2) is 5.18. The second-order valence-electron chi connectivity index (χ2n) is 4.56. The summed E-state index contributed by atoms with van der Waals surface area (Å²) in [5.74, 6) is 0.567. The Labute approximate surface area is 112 Å². The van der Waals surface area contributed by atoms with Crippen LogP contribution in [0.5, 0.6) is 0 Å². The van der Waals surface area contributed by atoms with Crippen molar-refractivity contribution < 1.29 is 12.8 Å². The lowest BCUT2D eigenvalue weighted by Crippen LogP contribution is -2.23. The first-order valence-electron chi connectivity index (χ1n) is 5.98. The fourth-order valence-electron chi connectivity index (χ4n) is 1.65. The second-order valence-corrected chi connectivity index (χ2v) is 6.29. The van der Waals surface area contributed by atoms with Crippen LogP contribution in [0.4, 0.5) is 0 Å². The van der Waals surface area contributed by atoms with Crippen molar-refractivity contribution in [2.45, 2.75) is 38.3 Å². The zero-order valence-electron chi connectivity index (χ0n) is 11.1. The first kappa shape index (κ1) is 13.8. The highest BCUT2D eigenvalue weighted by molar-refractivity contribution is 7.89. The Morgan fingerprint density at radius 3 is 2.74 bits per heavy atom. The molecule has 0 unspecified atom stereocenters. The molecule has 0 bridgehead atoms. The molecular formula is C12H17N3O3S. The van der Waals surface area contributed by atoms with Crippen molar-refractivity contribution in [2.24, 2.45) is 0 Å². The first-order chi connectivity index (χ1) is 8.90. The summed E-state index contributed by atoms with van der Waals surface area (Å²) < 4.78 is 33.6. The van der Waals surface area contributed by atoms with Crippen LogP contribution in [0.15, 0.2) is 33.9 Å².